The Morgan fingerprint density at radius 3 is 2.58 bits per heavy atom. The fourth-order valence-corrected chi connectivity index (χ4v) is 2.80. The molecule has 3 nitrogen and oxygen atoms in total. The zero-order valence-electron chi connectivity index (χ0n) is 12.0. The second-order valence-electron chi connectivity index (χ2n) is 5.19. The Kier molecular flexibility index (Phi) is 4.83. The van der Waals surface area contributed by atoms with Gasteiger partial charge in [-0.05, 0) is 44.9 Å². The van der Waals surface area contributed by atoms with Crippen LogP contribution < -0.4 is 10.2 Å². The molecule has 1 amide bonds. The highest BCUT2D eigenvalue weighted by Gasteiger charge is 2.22. The Morgan fingerprint density at radius 2 is 1.95 bits per heavy atom. The van der Waals surface area contributed by atoms with Crippen molar-refractivity contribution in [2.75, 3.05) is 23.3 Å². The second-order valence-corrected chi connectivity index (χ2v) is 5.19. The van der Waals surface area contributed by atoms with Crippen molar-refractivity contribution in [3.05, 3.63) is 24.3 Å². The van der Waals surface area contributed by atoms with Gasteiger partial charge in [0.25, 0.3) is 0 Å². The lowest BCUT2D eigenvalue weighted by Crippen LogP contribution is -2.23. The van der Waals surface area contributed by atoms with E-state index in [-0.39, 0.29) is 11.8 Å². The SMILES string of the molecule is CCN(CC)c1cccc(NC(=O)C2CCCC2)c1. The fraction of sp³-hybridized carbons (Fsp3) is 0.562. The summed E-state index contributed by atoms with van der Waals surface area (Å²) in [5, 5.41) is 3.06. The van der Waals surface area contributed by atoms with E-state index in [0.717, 1.165) is 31.6 Å². The smallest absolute Gasteiger partial charge is 0.227 e. The first-order valence-corrected chi connectivity index (χ1v) is 7.40. The van der Waals surface area contributed by atoms with Gasteiger partial charge in [0.2, 0.25) is 5.91 Å². The van der Waals surface area contributed by atoms with Crippen molar-refractivity contribution in [2.24, 2.45) is 5.92 Å². The van der Waals surface area contributed by atoms with Crippen LogP contribution in [-0.4, -0.2) is 19.0 Å². The van der Waals surface area contributed by atoms with E-state index < -0.39 is 0 Å². The summed E-state index contributed by atoms with van der Waals surface area (Å²) in [7, 11) is 0. The number of rotatable bonds is 5. The molecule has 1 aromatic carbocycles. The third-order valence-electron chi connectivity index (χ3n) is 3.97. The highest BCUT2D eigenvalue weighted by molar-refractivity contribution is 5.93. The molecule has 1 aliphatic rings. The molecule has 1 N–H and O–H groups in total. The molecule has 1 fully saturated rings. The van der Waals surface area contributed by atoms with Gasteiger partial charge >= 0.3 is 0 Å². The Labute approximate surface area is 116 Å². The molecule has 0 unspecified atom stereocenters. The highest BCUT2D eigenvalue weighted by Crippen LogP contribution is 2.26. The van der Waals surface area contributed by atoms with Gasteiger partial charge in [0.05, 0.1) is 0 Å². The fourth-order valence-electron chi connectivity index (χ4n) is 2.80. The third-order valence-corrected chi connectivity index (χ3v) is 3.97. The number of benzene rings is 1. The molecule has 19 heavy (non-hydrogen) atoms. The predicted octanol–water partition coefficient (Wildman–Crippen LogP) is 3.66. The number of amides is 1. The van der Waals surface area contributed by atoms with Gasteiger partial charge in [-0.3, -0.25) is 4.79 Å². The molecular formula is C16H24N2O. The number of nitrogens with one attached hydrogen (secondary N) is 1. The van der Waals surface area contributed by atoms with Gasteiger partial charge < -0.3 is 10.2 Å². The minimum absolute atomic E-state index is 0.189. The van der Waals surface area contributed by atoms with E-state index >= 15 is 0 Å². The molecule has 3 heteroatoms. The topological polar surface area (TPSA) is 32.3 Å². The van der Waals surface area contributed by atoms with E-state index in [4.69, 9.17) is 0 Å². The van der Waals surface area contributed by atoms with Gasteiger partial charge in [0.1, 0.15) is 0 Å². The zero-order valence-corrected chi connectivity index (χ0v) is 12.0. The van der Waals surface area contributed by atoms with Crippen LogP contribution >= 0.6 is 0 Å². The van der Waals surface area contributed by atoms with Gasteiger partial charge in [-0.15, -0.1) is 0 Å². The van der Waals surface area contributed by atoms with Crippen molar-refractivity contribution in [3.63, 3.8) is 0 Å². The van der Waals surface area contributed by atoms with Crippen molar-refractivity contribution < 1.29 is 4.79 Å². The summed E-state index contributed by atoms with van der Waals surface area (Å²) in [6, 6.07) is 8.15. The number of anilines is 2. The molecule has 0 radical (unpaired) electrons. The van der Waals surface area contributed by atoms with E-state index in [9.17, 15) is 4.79 Å². The highest BCUT2D eigenvalue weighted by atomic mass is 16.1. The predicted molar refractivity (Wildman–Crippen MR) is 80.6 cm³/mol. The summed E-state index contributed by atoms with van der Waals surface area (Å²) in [5.74, 6) is 0.409. The van der Waals surface area contributed by atoms with Gasteiger partial charge in [-0.2, -0.15) is 0 Å². The summed E-state index contributed by atoms with van der Waals surface area (Å²) in [6.45, 7) is 6.26. The molecule has 1 aromatic rings. The van der Waals surface area contributed by atoms with Crippen LogP contribution in [0.15, 0.2) is 24.3 Å². The number of carbonyl (C=O) groups is 1. The normalized spacial score (nSPS) is 15.5. The van der Waals surface area contributed by atoms with Gasteiger partial charge in [-0.1, -0.05) is 18.9 Å². The second kappa shape index (κ2) is 6.60. The van der Waals surface area contributed by atoms with Gasteiger partial charge in [-0.25, -0.2) is 0 Å². The molecule has 1 saturated carbocycles. The molecule has 0 aromatic heterocycles. The maximum absolute atomic E-state index is 12.1. The summed E-state index contributed by atoms with van der Waals surface area (Å²) in [6.07, 6.45) is 4.47. The molecule has 0 bridgehead atoms. The lowest BCUT2D eigenvalue weighted by Gasteiger charge is -2.21. The van der Waals surface area contributed by atoms with E-state index in [2.05, 4.69) is 36.2 Å². The van der Waals surface area contributed by atoms with Crippen molar-refractivity contribution in [3.8, 4) is 0 Å². The Bertz CT molecular complexity index is 421. The monoisotopic (exact) mass is 260 g/mol. The number of nitrogens with zero attached hydrogens (tertiary/aromatic N) is 1. The van der Waals surface area contributed by atoms with E-state index in [0.29, 0.717) is 0 Å². The van der Waals surface area contributed by atoms with Crippen molar-refractivity contribution in [1.82, 2.24) is 0 Å². The first-order chi connectivity index (χ1) is 9.24. The van der Waals surface area contributed by atoms with E-state index in [1.54, 1.807) is 0 Å². The van der Waals surface area contributed by atoms with Crippen LogP contribution in [0.4, 0.5) is 11.4 Å². The zero-order chi connectivity index (χ0) is 13.7. The van der Waals surface area contributed by atoms with Crippen molar-refractivity contribution in [1.29, 1.82) is 0 Å². The van der Waals surface area contributed by atoms with Gasteiger partial charge in [0, 0.05) is 30.4 Å². The van der Waals surface area contributed by atoms with Crippen LogP contribution in [-0.2, 0) is 4.79 Å². The van der Waals surface area contributed by atoms with E-state index in [1.165, 1.54) is 18.5 Å². The molecule has 0 aliphatic heterocycles. The quantitative estimate of drug-likeness (QED) is 0.876. The Morgan fingerprint density at radius 1 is 1.26 bits per heavy atom. The maximum Gasteiger partial charge on any atom is 0.227 e. The summed E-state index contributed by atoms with van der Waals surface area (Å²) in [4.78, 5) is 14.4. The minimum atomic E-state index is 0.189. The van der Waals surface area contributed by atoms with Crippen LogP contribution in [0.25, 0.3) is 0 Å². The van der Waals surface area contributed by atoms with Crippen molar-refractivity contribution in [2.45, 2.75) is 39.5 Å². The van der Waals surface area contributed by atoms with E-state index in [1.807, 2.05) is 12.1 Å². The third kappa shape index (κ3) is 3.49. The molecule has 2 rings (SSSR count). The standard InChI is InChI=1S/C16H24N2O/c1-3-18(4-2)15-11-7-10-14(12-15)17-16(19)13-8-5-6-9-13/h7,10-13H,3-6,8-9H2,1-2H3,(H,17,19). The molecule has 104 valence electrons. The summed E-state index contributed by atoms with van der Waals surface area (Å²) < 4.78 is 0. The van der Waals surface area contributed by atoms with Crippen LogP contribution in [0.1, 0.15) is 39.5 Å². The first kappa shape index (κ1) is 13.9. The van der Waals surface area contributed by atoms with Crippen LogP contribution in [0.2, 0.25) is 0 Å². The van der Waals surface area contributed by atoms with Crippen LogP contribution in [0.5, 0.6) is 0 Å². The average molecular weight is 260 g/mol. The summed E-state index contributed by atoms with van der Waals surface area (Å²) >= 11 is 0. The maximum atomic E-state index is 12.1. The Balaban J connectivity index is 2.04. The lowest BCUT2D eigenvalue weighted by atomic mass is 10.1. The minimum Gasteiger partial charge on any atom is -0.372 e. The molecular weight excluding hydrogens is 236 g/mol. The average Bonchev–Trinajstić information content (AvgIpc) is 2.94. The van der Waals surface area contributed by atoms with Gasteiger partial charge in [0.15, 0.2) is 0 Å². The number of hydrogen-bond acceptors (Lipinski definition) is 2. The molecule has 0 saturated heterocycles. The molecule has 0 spiro atoms. The lowest BCUT2D eigenvalue weighted by molar-refractivity contribution is -0.119. The Hall–Kier alpha value is -1.51. The van der Waals surface area contributed by atoms with Crippen molar-refractivity contribution >= 4 is 17.3 Å². The number of hydrogen-bond donors (Lipinski definition) is 1. The molecule has 1 aliphatic carbocycles. The first-order valence-electron chi connectivity index (χ1n) is 7.40. The molecule has 0 heterocycles. The largest absolute Gasteiger partial charge is 0.372 e. The number of carbonyl (C=O) groups excluding carboxylic acids is 1. The summed E-state index contributed by atoms with van der Waals surface area (Å²) in [5.41, 5.74) is 2.09. The van der Waals surface area contributed by atoms with Crippen LogP contribution in [0, 0.1) is 5.92 Å². The molecule has 0 atom stereocenters. The van der Waals surface area contributed by atoms with Crippen LogP contribution in [0.3, 0.4) is 0 Å².